The fraction of sp³-hybridized carbons (Fsp3) is 0.625. The van der Waals surface area contributed by atoms with Crippen molar-refractivity contribution in [1.29, 1.82) is 0 Å². The molecule has 130 valence electrons. The molecule has 0 fully saturated rings. The van der Waals surface area contributed by atoms with Crippen LogP contribution in [0, 0.1) is 0 Å². The molecule has 3 N–H and O–H groups in total. The van der Waals surface area contributed by atoms with Gasteiger partial charge in [0.1, 0.15) is 5.76 Å². The largest absolute Gasteiger partial charge is 0.468 e. The zero-order valence-electron chi connectivity index (χ0n) is 14.9. The molecule has 1 rings (SSSR count). The summed E-state index contributed by atoms with van der Waals surface area (Å²) in [4.78, 5) is 18.0. The number of nitrogens with one attached hydrogen (secondary N) is 3. The Kier molecular flexibility index (Phi) is 7.09. The highest BCUT2D eigenvalue weighted by Crippen LogP contribution is 2.17. The Morgan fingerprint density at radius 3 is 2.52 bits per heavy atom. The molecular formula is C16H29N5O2. The summed E-state index contributed by atoms with van der Waals surface area (Å²) >= 11 is 0. The van der Waals surface area contributed by atoms with E-state index in [0.717, 1.165) is 5.76 Å². The van der Waals surface area contributed by atoms with Crippen molar-refractivity contribution in [3.05, 3.63) is 24.2 Å². The van der Waals surface area contributed by atoms with Crippen molar-refractivity contribution < 1.29 is 9.21 Å². The molecule has 1 aromatic heterocycles. The highest BCUT2D eigenvalue weighted by molar-refractivity contribution is 5.86. The number of hydrogen-bond donors (Lipinski definition) is 3. The van der Waals surface area contributed by atoms with E-state index in [1.165, 1.54) is 0 Å². The van der Waals surface area contributed by atoms with Crippen molar-refractivity contribution in [3.63, 3.8) is 0 Å². The van der Waals surface area contributed by atoms with Crippen LogP contribution in [0.2, 0.25) is 0 Å². The van der Waals surface area contributed by atoms with Gasteiger partial charge in [-0.25, -0.2) is 0 Å². The van der Waals surface area contributed by atoms with Crippen molar-refractivity contribution in [2.75, 3.05) is 34.2 Å². The monoisotopic (exact) mass is 323 g/mol. The van der Waals surface area contributed by atoms with Gasteiger partial charge in [-0.15, -0.1) is 0 Å². The molecule has 0 aliphatic carbocycles. The molecule has 0 spiro atoms. The van der Waals surface area contributed by atoms with Gasteiger partial charge in [0.25, 0.3) is 0 Å². The topological polar surface area (TPSA) is 81.9 Å². The normalized spacial score (nSPS) is 13.8. The van der Waals surface area contributed by atoms with Gasteiger partial charge in [0.15, 0.2) is 5.96 Å². The molecule has 1 aromatic rings. The number of carbonyl (C=O) groups excluding carboxylic acids is 1. The summed E-state index contributed by atoms with van der Waals surface area (Å²) in [7, 11) is 5.65. The number of guanidine groups is 1. The number of amides is 1. The molecule has 7 nitrogen and oxygen atoms in total. The maximum atomic E-state index is 11.8. The summed E-state index contributed by atoms with van der Waals surface area (Å²) < 4.78 is 5.47. The minimum Gasteiger partial charge on any atom is -0.468 e. The lowest BCUT2D eigenvalue weighted by molar-refractivity contribution is -0.121. The van der Waals surface area contributed by atoms with E-state index < -0.39 is 0 Å². The smallest absolute Gasteiger partial charge is 0.239 e. The second kappa shape index (κ2) is 8.57. The van der Waals surface area contributed by atoms with E-state index in [2.05, 4.69) is 25.8 Å². The van der Waals surface area contributed by atoms with E-state index in [1.807, 2.05) is 47.0 Å². The molecule has 0 aliphatic rings. The van der Waals surface area contributed by atoms with Crippen LogP contribution < -0.4 is 16.0 Å². The van der Waals surface area contributed by atoms with Crippen LogP contribution in [-0.4, -0.2) is 56.5 Å². The van der Waals surface area contributed by atoms with Crippen LogP contribution in [0.4, 0.5) is 0 Å². The molecule has 0 aliphatic heterocycles. The number of aliphatic imine (C=N–C) groups is 1. The first-order chi connectivity index (χ1) is 10.7. The molecule has 1 heterocycles. The third kappa shape index (κ3) is 7.19. The van der Waals surface area contributed by atoms with Gasteiger partial charge in [-0.3, -0.25) is 14.7 Å². The Labute approximate surface area is 138 Å². The van der Waals surface area contributed by atoms with E-state index in [4.69, 9.17) is 4.42 Å². The Morgan fingerprint density at radius 2 is 2.04 bits per heavy atom. The van der Waals surface area contributed by atoms with Crippen molar-refractivity contribution in [2.24, 2.45) is 4.99 Å². The molecule has 0 saturated heterocycles. The van der Waals surface area contributed by atoms with Gasteiger partial charge in [-0.2, -0.15) is 0 Å². The van der Waals surface area contributed by atoms with E-state index >= 15 is 0 Å². The molecule has 0 radical (unpaired) electrons. The Balaban J connectivity index is 2.49. The Morgan fingerprint density at radius 1 is 1.35 bits per heavy atom. The lowest BCUT2D eigenvalue weighted by atomic mass is 10.1. The van der Waals surface area contributed by atoms with Crippen molar-refractivity contribution >= 4 is 11.9 Å². The van der Waals surface area contributed by atoms with Crippen LogP contribution in [0.5, 0.6) is 0 Å². The molecule has 0 aromatic carbocycles. The third-order valence-corrected chi connectivity index (χ3v) is 3.11. The maximum absolute atomic E-state index is 11.8. The Hall–Kier alpha value is -2.02. The third-order valence-electron chi connectivity index (χ3n) is 3.11. The number of likely N-dealkylation sites (N-methyl/N-ethyl adjacent to an activating group) is 1. The summed E-state index contributed by atoms with van der Waals surface area (Å²) in [5.41, 5.74) is -0.245. The summed E-state index contributed by atoms with van der Waals surface area (Å²) in [6, 6.07) is 3.89. The number of hydrogen-bond acceptors (Lipinski definition) is 4. The molecule has 1 amide bonds. The standard InChI is InChI=1S/C16H29N5O2/c1-16(2,3)20-14(22)11-19-15(17-4)18-10-12(21(5)6)13-8-7-9-23-13/h7-9,12H,10-11H2,1-6H3,(H,20,22)(H2,17,18,19). The average molecular weight is 323 g/mol. The van der Waals surface area contributed by atoms with Crippen molar-refractivity contribution in [1.82, 2.24) is 20.9 Å². The molecular weight excluding hydrogens is 294 g/mol. The predicted molar refractivity (Wildman–Crippen MR) is 92.4 cm³/mol. The molecule has 0 saturated carbocycles. The van der Waals surface area contributed by atoms with Crippen LogP contribution in [-0.2, 0) is 4.79 Å². The average Bonchev–Trinajstić information content (AvgIpc) is 2.94. The SMILES string of the molecule is CN=C(NCC(=O)NC(C)(C)C)NCC(c1ccco1)N(C)C. The fourth-order valence-electron chi connectivity index (χ4n) is 2.06. The predicted octanol–water partition coefficient (Wildman–Crippen LogP) is 0.962. The summed E-state index contributed by atoms with van der Waals surface area (Å²) in [5, 5.41) is 9.12. The van der Waals surface area contributed by atoms with Crippen LogP contribution >= 0.6 is 0 Å². The first-order valence-corrected chi connectivity index (χ1v) is 7.68. The summed E-state index contributed by atoms with van der Waals surface area (Å²) in [6.45, 7) is 6.63. The van der Waals surface area contributed by atoms with E-state index in [9.17, 15) is 4.79 Å². The van der Waals surface area contributed by atoms with Gasteiger partial charge in [-0.05, 0) is 47.0 Å². The second-order valence-corrected chi connectivity index (χ2v) is 6.60. The zero-order chi connectivity index (χ0) is 17.5. The lowest BCUT2D eigenvalue weighted by Crippen LogP contribution is -2.49. The van der Waals surface area contributed by atoms with Gasteiger partial charge in [0.2, 0.25) is 5.91 Å². The van der Waals surface area contributed by atoms with Gasteiger partial charge in [0.05, 0.1) is 18.8 Å². The van der Waals surface area contributed by atoms with Crippen LogP contribution in [0.25, 0.3) is 0 Å². The minimum atomic E-state index is -0.245. The second-order valence-electron chi connectivity index (χ2n) is 6.60. The molecule has 0 bridgehead atoms. The number of carbonyl (C=O) groups is 1. The molecule has 1 atom stereocenters. The van der Waals surface area contributed by atoms with Crippen molar-refractivity contribution in [2.45, 2.75) is 32.4 Å². The quantitative estimate of drug-likeness (QED) is 0.537. The lowest BCUT2D eigenvalue weighted by Gasteiger charge is -2.24. The Bertz CT molecular complexity index is 503. The number of furan rings is 1. The van der Waals surface area contributed by atoms with E-state index in [1.54, 1.807) is 13.3 Å². The van der Waals surface area contributed by atoms with Gasteiger partial charge in [-0.1, -0.05) is 0 Å². The first-order valence-electron chi connectivity index (χ1n) is 7.68. The molecule has 23 heavy (non-hydrogen) atoms. The van der Waals surface area contributed by atoms with Crippen LogP contribution in [0.15, 0.2) is 27.8 Å². The number of rotatable bonds is 6. The van der Waals surface area contributed by atoms with Crippen molar-refractivity contribution in [3.8, 4) is 0 Å². The van der Waals surface area contributed by atoms with E-state index in [-0.39, 0.29) is 24.0 Å². The van der Waals surface area contributed by atoms with E-state index in [0.29, 0.717) is 12.5 Å². The fourth-order valence-corrected chi connectivity index (χ4v) is 2.06. The molecule has 1 unspecified atom stereocenters. The van der Waals surface area contributed by atoms with Crippen LogP contribution in [0.3, 0.4) is 0 Å². The minimum absolute atomic E-state index is 0.0735. The first kappa shape index (κ1) is 19.0. The highest BCUT2D eigenvalue weighted by Gasteiger charge is 2.18. The highest BCUT2D eigenvalue weighted by atomic mass is 16.3. The van der Waals surface area contributed by atoms with Gasteiger partial charge >= 0.3 is 0 Å². The van der Waals surface area contributed by atoms with Crippen LogP contribution in [0.1, 0.15) is 32.6 Å². The van der Waals surface area contributed by atoms with Gasteiger partial charge < -0.3 is 20.4 Å². The number of nitrogens with zero attached hydrogens (tertiary/aromatic N) is 2. The summed E-state index contributed by atoms with van der Waals surface area (Å²) in [5.74, 6) is 1.38. The van der Waals surface area contributed by atoms with Gasteiger partial charge in [0, 0.05) is 19.1 Å². The molecule has 7 heteroatoms. The zero-order valence-corrected chi connectivity index (χ0v) is 14.9. The summed E-state index contributed by atoms with van der Waals surface area (Å²) in [6.07, 6.45) is 1.66. The maximum Gasteiger partial charge on any atom is 0.239 e.